The van der Waals surface area contributed by atoms with Crippen LogP contribution in [0.4, 0.5) is 0 Å². The van der Waals surface area contributed by atoms with E-state index in [9.17, 15) is 13.2 Å². The molecule has 0 atom stereocenters. The number of nitrogens with zero attached hydrogens (tertiary/aromatic N) is 1. The van der Waals surface area contributed by atoms with E-state index in [4.69, 9.17) is 9.02 Å². The molecule has 0 bridgehead atoms. The third-order valence-corrected chi connectivity index (χ3v) is 5.72. The molecule has 0 saturated heterocycles. The summed E-state index contributed by atoms with van der Waals surface area (Å²) in [4.78, 5) is 17.1. The fourth-order valence-electron chi connectivity index (χ4n) is 2.92. The van der Waals surface area contributed by atoms with E-state index in [0.29, 0.717) is 16.8 Å². The minimum Gasteiger partial charge on any atom is -0.378 e. The summed E-state index contributed by atoms with van der Waals surface area (Å²) in [6.07, 6.45) is 1.52. The Bertz CT molecular complexity index is 1260. The summed E-state index contributed by atoms with van der Waals surface area (Å²) in [5, 5.41) is 3.86. The van der Waals surface area contributed by atoms with E-state index in [1.165, 1.54) is 24.3 Å². The first-order chi connectivity index (χ1) is 14.4. The molecule has 150 valence electrons. The van der Waals surface area contributed by atoms with Gasteiger partial charge in [0, 0.05) is 11.1 Å². The van der Waals surface area contributed by atoms with Crippen LogP contribution in [0.1, 0.15) is 16.7 Å². The summed E-state index contributed by atoms with van der Waals surface area (Å²) in [6, 6.07) is 22.0. The van der Waals surface area contributed by atoms with E-state index in [1.54, 1.807) is 42.5 Å². The molecular formula is C23H17NO5S. The third-order valence-electron chi connectivity index (χ3n) is 4.47. The average molecular weight is 419 g/mol. The quantitative estimate of drug-likeness (QED) is 0.353. The monoisotopic (exact) mass is 419 g/mol. The number of oxime groups is 1. The van der Waals surface area contributed by atoms with Crippen molar-refractivity contribution in [3.8, 4) is 5.75 Å². The second-order valence-corrected chi connectivity index (χ2v) is 8.18. The van der Waals surface area contributed by atoms with Crippen molar-refractivity contribution in [1.82, 2.24) is 0 Å². The van der Waals surface area contributed by atoms with Crippen molar-refractivity contribution in [2.75, 3.05) is 0 Å². The third kappa shape index (κ3) is 4.01. The summed E-state index contributed by atoms with van der Waals surface area (Å²) in [6.45, 7) is 1.87. The summed E-state index contributed by atoms with van der Waals surface area (Å²) >= 11 is 0. The van der Waals surface area contributed by atoms with Crippen LogP contribution in [0.2, 0.25) is 0 Å². The Morgan fingerprint density at radius 3 is 2.30 bits per heavy atom. The molecule has 0 radical (unpaired) electrons. The molecule has 4 rings (SSSR count). The van der Waals surface area contributed by atoms with Crippen LogP contribution in [-0.4, -0.2) is 20.1 Å². The zero-order valence-corrected chi connectivity index (χ0v) is 16.8. The Morgan fingerprint density at radius 2 is 1.57 bits per heavy atom. The first-order valence-electron chi connectivity index (χ1n) is 9.11. The molecule has 0 N–H and O–H groups in total. The molecule has 0 amide bonds. The first-order valence-corrected chi connectivity index (χ1v) is 10.5. The first kappa shape index (κ1) is 19.6. The highest BCUT2D eigenvalue weighted by molar-refractivity contribution is 7.87. The molecular weight excluding hydrogens is 402 g/mol. The molecule has 3 aromatic rings. The molecule has 0 fully saturated rings. The molecule has 3 aromatic carbocycles. The summed E-state index contributed by atoms with van der Waals surface area (Å²) in [5.74, 6) is -0.525. The number of benzene rings is 3. The van der Waals surface area contributed by atoms with Gasteiger partial charge in [-0.1, -0.05) is 71.4 Å². The van der Waals surface area contributed by atoms with E-state index in [1.807, 2.05) is 25.1 Å². The zero-order valence-electron chi connectivity index (χ0n) is 16.0. The van der Waals surface area contributed by atoms with Crippen LogP contribution in [0.15, 0.2) is 94.5 Å². The Labute approximate surface area is 174 Å². The van der Waals surface area contributed by atoms with Crippen molar-refractivity contribution in [3.05, 3.63) is 101 Å². The molecule has 7 heteroatoms. The zero-order chi connectivity index (χ0) is 21.1. The van der Waals surface area contributed by atoms with E-state index in [0.717, 1.165) is 5.56 Å². The largest absolute Gasteiger partial charge is 0.378 e. The Balaban J connectivity index is 1.71. The van der Waals surface area contributed by atoms with E-state index in [-0.39, 0.29) is 16.2 Å². The maximum absolute atomic E-state index is 12.7. The molecule has 6 nitrogen and oxygen atoms in total. The predicted molar refractivity (Wildman–Crippen MR) is 112 cm³/mol. The normalized spacial score (nSPS) is 15.0. The Kier molecular flexibility index (Phi) is 5.20. The van der Waals surface area contributed by atoms with Crippen molar-refractivity contribution in [1.29, 1.82) is 0 Å². The maximum Gasteiger partial charge on any atom is 0.368 e. The highest BCUT2D eigenvalue weighted by atomic mass is 32.2. The summed E-state index contributed by atoms with van der Waals surface area (Å²) in [5.41, 5.74) is 2.64. The van der Waals surface area contributed by atoms with Gasteiger partial charge in [-0.15, -0.1) is 0 Å². The van der Waals surface area contributed by atoms with Crippen LogP contribution in [0.25, 0.3) is 6.08 Å². The standard InChI is InChI=1S/C23H17NO5S/c1-16-11-13-19(14-12-16)30(26,27)29-21-10-6-5-9-18(21)15-20-22(24-28-23(20)25)17-7-3-2-4-8-17/h2-15H,1H3/b20-15-. The van der Waals surface area contributed by atoms with Crippen molar-refractivity contribution in [3.63, 3.8) is 0 Å². The van der Waals surface area contributed by atoms with Gasteiger partial charge in [0.2, 0.25) is 0 Å². The lowest BCUT2D eigenvalue weighted by Crippen LogP contribution is -2.11. The minimum absolute atomic E-state index is 0.0439. The molecule has 1 heterocycles. The van der Waals surface area contributed by atoms with Gasteiger partial charge < -0.3 is 9.02 Å². The van der Waals surface area contributed by atoms with Gasteiger partial charge >= 0.3 is 16.1 Å². The Hall–Kier alpha value is -3.71. The van der Waals surface area contributed by atoms with Crippen LogP contribution in [-0.2, 0) is 19.8 Å². The molecule has 0 unspecified atom stereocenters. The Morgan fingerprint density at radius 1 is 0.900 bits per heavy atom. The predicted octanol–water partition coefficient (Wildman–Crippen LogP) is 4.11. The fraction of sp³-hybridized carbons (Fsp3) is 0.0435. The number of hydrogen-bond donors (Lipinski definition) is 0. The topological polar surface area (TPSA) is 82.0 Å². The lowest BCUT2D eigenvalue weighted by molar-refractivity contribution is -0.136. The van der Waals surface area contributed by atoms with Crippen LogP contribution in [0.5, 0.6) is 5.75 Å². The van der Waals surface area contributed by atoms with Gasteiger partial charge in [-0.3, -0.25) is 0 Å². The molecule has 0 aromatic heterocycles. The SMILES string of the molecule is Cc1ccc(S(=O)(=O)Oc2ccccc2/C=C2\C(=O)ON=C2c2ccccc2)cc1. The highest BCUT2D eigenvalue weighted by Gasteiger charge is 2.27. The van der Waals surface area contributed by atoms with Crippen molar-refractivity contribution in [2.24, 2.45) is 5.16 Å². The number of hydrogen-bond acceptors (Lipinski definition) is 6. The number of rotatable bonds is 5. The highest BCUT2D eigenvalue weighted by Crippen LogP contribution is 2.28. The molecule has 1 aliphatic rings. The van der Waals surface area contributed by atoms with Crippen molar-refractivity contribution in [2.45, 2.75) is 11.8 Å². The molecule has 30 heavy (non-hydrogen) atoms. The average Bonchev–Trinajstić information content (AvgIpc) is 3.10. The van der Waals surface area contributed by atoms with E-state index < -0.39 is 16.1 Å². The molecule has 0 spiro atoms. The lowest BCUT2D eigenvalue weighted by Gasteiger charge is -2.10. The second kappa shape index (κ2) is 7.96. The van der Waals surface area contributed by atoms with Crippen LogP contribution in [0.3, 0.4) is 0 Å². The maximum atomic E-state index is 12.7. The van der Waals surface area contributed by atoms with Gasteiger partial charge in [-0.05, 0) is 31.2 Å². The molecule has 1 aliphatic heterocycles. The van der Waals surface area contributed by atoms with Gasteiger partial charge in [0.05, 0.1) is 5.57 Å². The van der Waals surface area contributed by atoms with Gasteiger partial charge in [0.1, 0.15) is 16.4 Å². The van der Waals surface area contributed by atoms with Crippen molar-refractivity contribution < 1.29 is 22.2 Å². The van der Waals surface area contributed by atoms with Crippen LogP contribution in [0, 0.1) is 6.92 Å². The lowest BCUT2D eigenvalue weighted by atomic mass is 10.0. The smallest absolute Gasteiger partial charge is 0.368 e. The second-order valence-electron chi connectivity index (χ2n) is 6.63. The number of para-hydroxylation sites is 1. The minimum atomic E-state index is -4.04. The van der Waals surface area contributed by atoms with Gasteiger partial charge in [-0.2, -0.15) is 8.42 Å². The van der Waals surface area contributed by atoms with Gasteiger partial charge in [0.15, 0.2) is 0 Å². The van der Waals surface area contributed by atoms with E-state index >= 15 is 0 Å². The van der Waals surface area contributed by atoms with Crippen molar-refractivity contribution >= 4 is 27.9 Å². The van der Waals surface area contributed by atoms with Crippen LogP contribution < -0.4 is 4.18 Å². The summed E-state index contributed by atoms with van der Waals surface area (Å²) < 4.78 is 30.8. The fourth-order valence-corrected chi connectivity index (χ4v) is 3.87. The van der Waals surface area contributed by atoms with E-state index in [2.05, 4.69) is 5.16 Å². The number of carbonyl (C=O) groups excluding carboxylic acids is 1. The van der Waals surface area contributed by atoms with Gasteiger partial charge in [-0.25, -0.2) is 4.79 Å². The van der Waals surface area contributed by atoms with Gasteiger partial charge in [0.25, 0.3) is 0 Å². The number of carbonyl (C=O) groups is 1. The molecule has 0 saturated carbocycles. The number of aryl methyl sites for hydroxylation is 1. The summed E-state index contributed by atoms with van der Waals surface area (Å²) in [7, 11) is -4.04. The van der Waals surface area contributed by atoms with Crippen LogP contribution >= 0.6 is 0 Å². The molecule has 0 aliphatic carbocycles.